The molecule has 0 N–H and O–H groups in total. The topological polar surface area (TPSA) is 9.23 Å². The molecule has 0 aliphatic heterocycles. The summed E-state index contributed by atoms with van der Waals surface area (Å²) in [6.07, 6.45) is 9.78. The highest BCUT2D eigenvalue weighted by atomic mass is 16.5. The van der Waals surface area contributed by atoms with Gasteiger partial charge in [0.15, 0.2) is 0 Å². The Kier molecular flexibility index (Phi) is 3.81. The smallest absolute Gasteiger partial charge is 0.119 e. The molecule has 104 valence electrons. The zero-order valence-corrected chi connectivity index (χ0v) is 12.3. The van der Waals surface area contributed by atoms with Gasteiger partial charge in [-0.25, -0.2) is 0 Å². The first kappa shape index (κ1) is 13.0. The largest absolute Gasteiger partial charge is 0.497 e. The van der Waals surface area contributed by atoms with Crippen molar-refractivity contribution < 1.29 is 4.74 Å². The van der Waals surface area contributed by atoms with Gasteiger partial charge in [0, 0.05) is 0 Å². The molecule has 3 atom stereocenters. The van der Waals surface area contributed by atoms with Crippen LogP contribution in [0.5, 0.6) is 5.75 Å². The standard InChI is InChI=1S/C18H26O/c1-3-4-13-5-9-17-14(11-13)6-7-15-12-16(19-2)8-10-18(15)17/h8,10,12-14,17H,3-7,9,11H2,1-2H3/t13-,14-,17+/m1/s1. The third-order valence-electron chi connectivity index (χ3n) is 5.32. The summed E-state index contributed by atoms with van der Waals surface area (Å²) in [5.41, 5.74) is 3.18. The van der Waals surface area contributed by atoms with E-state index in [2.05, 4.69) is 25.1 Å². The molecule has 1 saturated carbocycles. The minimum atomic E-state index is 0.836. The quantitative estimate of drug-likeness (QED) is 0.746. The molecule has 2 aliphatic rings. The highest BCUT2D eigenvalue weighted by molar-refractivity contribution is 5.40. The van der Waals surface area contributed by atoms with Crippen molar-refractivity contribution in [3.05, 3.63) is 29.3 Å². The van der Waals surface area contributed by atoms with Gasteiger partial charge in [-0.2, -0.15) is 0 Å². The van der Waals surface area contributed by atoms with Crippen molar-refractivity contribution in [3.8, 4) is 5.75 Å². The fourth-order valence-corrected chi connectivity index (χ4v) is 4.39. The maximum Gasteiger partial charge on any atom is 0.119 e. The Morgan fingerprint density at radius 1 is 1.21 bits per heavy atom. The van der Waals surface area contributed by atoms with E-state index >= 15 is 0 Å². The molecule has 0 aromatic heterocycles. The van der Waals surface area contributed by atoms with Gasteiger partial charge < -0.3 is 4.74 Å². The Morgan fingerprint density at radius 3 is 2.89 bits per heavy atom. The highest BCUT2D eigenvalue weighted by Crippen LogP contribution is 2.48. The van der Waals surface area contributed by atoms with Crippen LogP contribution in [-0.4, -0.2) is 7.11 Å². The van der Waals surface area contributed by atoms with E-state index in [0.717, 1.165) is 23.5 Å². The van der Waals surface area contributed by atoms with Crippen LogP contribution < -0.4 is 4.74 Å². The molecule has 0 radical (unpaired) electrons. The maximum absolute atomic E-state index is 5.37. The van der Waals surface area contributed by atoms with Gasteiger partial charge in [0.1, 0.15) is 5.75 Å². The first-order valence-electron chi connectivity index (χ1n) is 7.98. The fraction of sp³-hybridized carbons (Fsp3) is 0.667. The molecule has 1 aromatic rings. The molecule has 1 aromatic carbocycles. The molecule has 0 heterocycles. The molecule has 0 saturated heterocycles. The van der Waals surface area contributed by atoms with E-state index in [0.29, 0.717) is 0 Å². The van der Waals surface area contributed by atoms with Crippen LogP contribution in [0.15, 0.2) is 18.2 Å². The summed E-state index contributed by atoms with van der Waals surface area (Å²) < 4.78 is 5.37. The second kappa shape index (κ2) is 5.56. The van der Waals surface area contributed by atoms with Gasteiger partial charge in [-0.1, -0.05) is 25.8 Å². The minimum absolute atomic E-state index is 0.836. The lowest BCUT2D eigenvalue weighted by Crippen LogP contribution is -2.28. The molecule has 0 unspecified atom stereocenters. The Morgan fingerprint density at radius 2 is 2.11 bits per heavy atom. The first-order chi connectivity index (χ1) is 9.31. The van der Waals surface area contributed by atoms with Crippen molar-refractivity contribution in [2.24, 2.45) is 11.8 Å². The summed E-state index contributed by atoms with van der Waals surface area (Å²) in [5, 5.41) is 0. The van der Waals surface area contributed by atoms with E-state index in [1.807, 2.05) is 0 Å². The van der Waals surface area contributed by atoms with Crippen LogP contribution in [0.2, 0.25) is 0 Å². The molecule has 1 nitrogen and oxygen atoms in total. The molecule has 1 heteroatoms. The number of benzene rings is 1. The second-order valence-electron chi connectivity index (χ2n) is 6.44. The SMILES string of the molecule is CCC[C@@H]1CC[C@@H]2c3ccc(OC)cc3CC[C@@H]2C1. The van der Waals surface area contributed by atoms with E-state index in [1.165, 1.54) is 44.9 Å². The van der Waals surface area contributed by atoms with Crippen molar-refractivity contribution >= 4 is 0 Å². The van der Waals surface area contributed by atoms with Crippen LogP contribution in [-0.2, 0) is 6.42 Å². The van der Waals surface area contributed by atoms with Crippen molar-refractivity contribution in [2.45, 2.75) is 57.8 Å². The number of fused-ring (bicyclic) bond motifs is 3. The third-order valence-corrected chi connectivity index (χ3v) is 5.32. The number of aryl methyl sites for hydroxylation is 1. The molecule has 2 aliphatic carbocycles. The average molecular weight is 258 g/mol. The summed E-state index contributed by atoms with van der Waals surface area (Å²) in [6.45, 7) is 2.33. The highest BCUT2D eigenvalue weighted by Gasteiger charge is 2.34. The number of hydrogen-bond acceptors (Lipinski definition) is 1. The average Bonchev–Trinajstić information content (AvgIpc) is 2.46. The van der Waals surface area contributed by atoms with Gasteiger partial charge in [-0.3, -0.25) is 0 Å². The van der Waals surface area contributed by atoms with Gasteiger partial charge >= 0.3 is 0 Å². The fourth-order valence-electron chi connectivity index (χ4n) is 4.39. The summed E-state index contributed by atoms with van der Waals surface area (Å²) in [6, 6.07) is 6.76. The number of hydrogen-bond donors (Lipinski definition) is 0. The van der Waals surface area contributed by atoms with Crippen LogP contribution in [0.25, 0.3) is 0 Å². The predicted octanol–water partition coefficient (Wildman–Crippen LogP) is 4.94. The van der Waals surface area contributed by atoms with Gasteiger partial charge in [-0.05, 0) is 73.1 Å². The van der Waals surface area contributed by atoms with E-state index in [1.54, 1.807) is 18.2 Å². The van der Waals surface area contributed by atoms with Crippen LogP contribution in [0.3, 0.4) is 0 Å². The summed E-state index contributed by atoms with van der Waals surface area (Å²) in [7, 11) is 1.77. The van der Waals surface area contributed by atoms with Gasteiger partial charge in [0.05, 0.1) is 7.11 Å². The van der Waals surface area contributed by atoms with Gasteiger partial charge in [-0.15, -0.1) is 0 Å². The molecule has 0 amide bonds. The van der Waals surface area contributed by atoms with E-state index in [9.17, 15) is 0 Å². The molecule has 1 fully saturated rings. The first-order valence-corrected chi connectivity index (χ1v) is 7.98. The Labute approximate surface area is 117 Å². The summed E-state index contributed by atoms with van der Waals surface area (Å²) in [4.78, 5) is 0. The van der Waals surface area contributed by atoms with Crippen LogP contribution in [0.1, 0.15) is 62.5 Å². The van der Waals surface area contributed by atoms with E-state index in [-0.39, 0.29) is 0 Å². The zero-order chi connectivity index (χ0) is 13.2. The normalized spacial score (nSPS) is 29.5. The van der Waals surface area contributed by atoms with Crippen LogP contribution in [0.4, 0.5) is 0 Å². The number of ether oxygens (including phenoxy) is 1. The maximum atomic E-state index is 5.37. The lowest BCUT2D eigenvalue weighted by molar-refractivity contribution is 0.201. The molecule has 0 spiro atoms. The summed E-state index contributed by atoms with van der Waals surface area (Å²) >= 11 is 0. The van der Waals surface area contributed by atoms with E-state index in [4.69, 9.17) is 4.74 Å². The molecule has 0 bridgehead atoms. The predicted molar refractivity (Wildman–Crippen MR) is 79.8 cm³/mol. The molecule has 3 rings (SSSR count). The van der Waals surface area contributed by atoms with Gasteiger partial charge in [0.25, 0.3) is 0 Å². The summed E-state index contributed by atoms with van der Waals surface area (Å²) in [5.74, 6) is 3.82. The minimum Gasteiger partial charge on any atom is -0.497 e. The van der Waals surface area contributed by atoms with Crippen molar-refractivity contribution in [1.29, 1.82) is 0 Å². The van der Waals surface area contributed by atoms with Crippen LogP contribution in [0, 0.1) is 11.8 Å². The monoisotopic (exact) mass is 258 g/mol. The van der Waals surface area contributed by atoms with Crippen LogP contribution >= 0.6 is 0 Å². The lowest BCUT2D eigenvalue weighted by atomic mass is 9.65. The van der Waals surface area contributed by atoms with Crippen molar-refractivity contribution in [1.82, 2.24) is 0 Å². The lowest BCUT2D eigenvalue weighted by Gasteiger charge is -2.40. The Bertz CT molecular complexity index is 437. The molecular formula is C18H26O. The molecule has 19 heavy (non-hydrogen) atoms. The Balaban J connectivity index is 1.79. The van der Waals surface area contributed by atoms with Crippen molar-refractivity contribution in [2.75, 3.05) is 7.11 Å². The van der Waals surface area contributed by atoms with Crippen molar-refractivity contribution in [3.63, 3.8) is 0 Å². The zero-order valence-electron chi connectivity index (χ0n) is 12.3. The Hall–Kier alpha value is -0.980. The second-order valence-corrected chi connectivity index (χ2v) is 6.44. The number of methoxy groups -OCH3 is 1. The van der Waals surface area contributed by atoms with E-state index < -0.39 is 0 Å². The number of rotatable bonds is 3. The molecular weight excluding hydrogens is 232 g/mol. The van der Waals surface area contributed by atoms with Gasteiger partial charge in [0.2, 0.25) is 0 Å². The third kappa shape index (κ3) is 2.52.